The Labute approximate surface area is 112 Å². The van der Waals surface area contributed by atoms with E-state index in [-0.39, 0.29) is 5.91 Å². The van der Waals surface area contributed by atoms with Gasteiger partial charge in [0.15, 0.2) is 0 Å². The highest BCUT2D eigenvalue weighted by Gasteiger charge is 2.23. The molecule has 0 aliphatic heterocycles. The second-order valence-electron chi connectivity index (χ2n) is 3.81. The third-order valence-corrected chi connectivity index (χ3v) is 2.72. The monoisotopic (exact) mass is 349 g/mol. The van der Waals surface area contributed by atoms with Crippen LogP contribution >= 0.6 is 31.9 Å². The van der Waals surface area contributed by atoms with Gasteiger partial charge in [0.05, 0.1) is 11.4 Å². The molecule has 0 aliphatic carbocycles. The molecule has 0 aliphatic rings. The minimum absolute atomic E-state index is 0.104. The van der Waals surface area contributed by atoms with E-state index in [0.717, 1.165) is 4.47 Å². The molecule has 0 aromatic heterocycles. The summed E-state index contributed by atoms with van der Waals surface area (Å²) >= 11 is 6.65. The van der Waals surface area contributed by atoms with Crippen LogP contribution in [-0.2, 0) is 4.79 Å². The molecule has 16 heavy (non-hydrogen) atoms. The molecule has 1 amide bonds. The van der Waals surface area contributed by atoms with Gasteiger partial charge < -0.3 is 10.1 Å². The number of hydrogen-bond acceptors (Lipinski definition) is 2. The van der Waals surface area contributed by atoms with Crippen molar-refractivity contribution in [2.24, 2.45) is 0 Å². The van der Waals surface area contributed by atoms with Gasteiger partial charge in [-0.25, -0.2) is 0 Å². The van der Waals surface area contributed by atoms with E-state index in [1.54, 1.807) is 27.0 Å². The first-order chi connectivity index (χ1) is 7.32. The van der Waals surface area contributed by atoms with E-state index in [9.17, 15) is 4.79 Å². The number of amides is 1. The molecule has 1 rings (SSSR count). The van der Waals surface area contributed by atoms with Gasteiger partial charge in [-0.05, 0) is 26.0 Å². The molecule has 0 saturated carbocycles. The van der Waals surface area contributed by atoms with E-state index in [4.69, 9.17) is 4.74 Å². The largest absolute Gasteiger partial charge is 0.497 e. The van der Waals surface area contributed by atoms with Gasteiger partial charge in [0.1, 0.15) is 5.75 Å². The summed E-state index contributed by atoms with van der Waals surface area (Å²) in [6, 6.07) is 5.41. The Morgan fingerprint density at radius 1 is 1.38 bits per heavy atom. The summed E-state index contributed by atoms with van der Waals surface area (Å²) < 4.78 is 5.37. The fourth-order valence-corrected chi connectivity index (χ4v) is 1.60. The summed E-state index contributed by atoms with van der Waals surface area (Å²) in [5.41, 5.74) is 0.698. The Morgan fingerprint density at radius 3 is 2.50 bits per heavy atom. The topological polar surface area (TPSA) is 38.3 Å². The molecule has 0 radical (unpaired) electrons. The van der Waals surface area contributed by atoms with Crippen molar-refractivity contribution >= 4 is 43.5 Å². The van der Waals surface area contributed by atoms with E-state index >= 15 is 0 Å². The van der Waals surface area contributed by atoms with Crippen LogP contribution in [-0.4, -0.2) is 17.3 Å². The second kappa shape index (κ2) is 5.19. The van der Waals surface area contributed by atoms with Gasteiger partial charge in [-0.2, -0.15) is 0 Å². The predicted molar refractivity (Wildman–Crippen MR) is 72.3 cm³/mol. The van der Waals surface area contributed by atoms with Gasteiger partial charge in [0, 0.05) is 16.2 Å². The zero-order valence-corrected chi connectivity index (χ0v) is 12.5. The van der Waals surface area contributed by atoms with Crippen molar-refractivity contribution in [2.45, 2.75) is 18.2 Å². The molecular formula is C11H13Br2NO2. The number of alkyl halides is 1. The molecule has 0 heterocycles. The lowest BCUT2D eigenvalue weighted by Crippen LogP contribution is -2.30. The van der Waals surface area contributed by atoms with Crippen molar-refractivity contribution in [3.8, 4) is 5.75 Å². The fourth-order valence-electron chi connectivity index (χ4n) is 1.03. The smallest absolute Gasteiger partial charge is 0.240 e. The van der Waals surface area contributed by atoms with Gasteiger partial charge in [0.2, 0.25) is 5.91 Å². The lowest BCUT2D eigenvalue weighted by molar-refractivity contribution is -0.117. The number of anilines is 1. The molecular weight excluding hydrogens is 338 g/mol. The first-order valence-corrected chi connectivity index (χ1v) is 6.26. The summed E-state index contributed by atoms with van der Waals surface area (Å²) in [4.78, 5) is 11.7. The van der Waals surface area contributed by atoms with Crippen molar-refractivity contribution in [1.82, 2.24) is 0 Å². The first-order valence-electron chi connectivity index (χ1n) is 4.68. The molecule has 0 fully saturated rings. The van der Waals surface area contributed by atoms with Crippen LogP contribution in [0.5, 0.6) is 5.75 Å². The zero-order chi connectivity index (χ0) is 12.3. The maximum atomic E-state index is 11.7. The van der Waals surface area contributed by atoms with E-state index in [1.807, 2.05) is 12.1 Å². The van der Waals surface area contributed by atoms with Gasteiger partial charge in [-0.3, -0.25) is 4.79 Å². The molecule has 0 spiro atoms. The maximum Gasteiger partial charge on any atom is 0.240 e. The summed E-state index contributed by atoms with van der Waals surface area (Å²) in [5.74, 6) is 0.588. The lowest BCUT2D eigenvalue weighted by atomic mass is 10.2. The third kappa shape index (κ3) is 3.79. The van der Waals surface area contributed by atoms with Crippen LogP contribution < -0.4 is 10.1 Å². The molecule has 0 unspecified atom stereocenters. The average molecular weight is 351 g/mol. The SMILES string of the molecule is COc1cc(Br)cc(NC(=O)C(C)(C)Br)c1. The van der Waals surface area contributed by atoms with Crippen LogP contribution in [0.25, 0.3) is 0 Å². The standard InChI is InChI=1S/C11H13Br2NO2/c1-11(2,13)10(15)14-8-4-7(12)5-9(6-8)16-3/h4-6H,1-3H3,(H,14,15). The number of methoxy groups -OCH3 is 1. The zero-order valence-electron chi connectivity index (χ0n) is 9.30. The van der Waals surface area contributed by atoms with E-state index in [2.05, 4.69) is 37.2 Å². The Morgan fingerprint density at radius 2 is 2.00 bits per heavy atom. The minimum atomic E-state index is -0.595. The Kier molecular flexibility index (Phi) is 4.38. The number of benzene rings is 1. The van der Waals surface area contributed by atoms with E-state index < -0.39 is 4.32 Å². The molecule has 1 aromatic carbocycles. The highest BCUT2D eigenvalue weighted by Crippen LogP contribution is 2.26. The Balaban J connectivity index is 2.89. The molecule has 5 heteroatoms. The molecule has 0 bridgehead atoms. The number of hydrogen-bond donors (Lipinski definition) is 1. The quantitative estimate of drug-likeness (QED) is 0.846. The average Bonchev–Trinajstić information content (AvgIpc) is 2.15. The summed E-state index contributed by atoms with van der Waals surface area (Å²) in [6.07, 6.45) is 0. The van der Waals surface area contributed by atoms with Crippen molar-refractivity contribution in [3.05, 3.63) is 22.7 Å². The van der Waals surface area contributed by atoms with E-state index in [1.165, 1.54) is 0 Å². The number of halogens is 2. The van der Waals surface area contributed by atoms with Gasteiger partial charge in [0.25, 0.3) is 0 Å². The van der Waals surface area contributed by atoms with Crippen LogP contribution in [0.3, 0.4) is 0 Å². The normalized spacial score (nSPS) is 11.1. The molecule has 0 saturated heterocycles. The Hall–Kier alpha value is -0.550. The number of nitrogens with one attached hydrogen (secondary N) is 1. The van der Waals surface area contributed by atoms with Crippen LogP contribution in [0.1, 0.15) is 13.8 Å². The van der Waals surface area contributed by atoms with Crippen LogP contribution in [0, 0.1) is 0 Å². The van der Waals surface area contributed by atoms with Crippen LogP contribution in [0.15, 0.2) is 22.7 Å². The summed E-state index contributed by atoms with van der Waals surface area (Å²) in [5, 5.41) is 2.80. The van der Waals surface area contributed by atoms with Crippen molar-refractivity contribution in [2.75, 3.05) is 12.4 Å². The predicted octanol–water partition coefficient (Wildman–Crippen LogP) is 3.57. The summed E-state index contributed by atoms with van der Waals surface area (Å²) in [6.45, 7) is 3.58. The van der Waals surface area contributed by atoms with Crippen molar-refractivity contribution in [3.63, 3.8) is 0 Å². The van der Waals surface area contributed by atoms with Gasteiger partial charge >= 0.3 is 0 Å². The van der Waals surface area contributed by atoms with Gasteiger partial charge in [-0.15, -0.1) is 0 Å². The third-order valence-electron chi connectivity index (χ3n) is 1.90. The van der Waals surface area contributed by atoms with Crippen LogP contribution in [0.4, 0.5) is 5.69 Å². The molecule has 88 valence electrons. The highest BCUT2D eigenvalue weighted by molar-refractivity contribution is 9.10. The highest BCUT2D eigenvalue weighted by atomic mass is 79.9. The number of carbonyl (C=O) groups excluding carboxylic acids is 1. The number of carbonyl (C=O) groups is 1. The van der Waals surface area contributed by atoms with Crippen molar-refractivity contribution < 1.29 is 9.53 Å². The molecule has 1 N–H and O–H groups in total. The lowest BCUT2D eigenvalue weighted by Gasteiger charge is -2.16. The van der Waals surface area contributed by atoms with Gasteiger partial charge in [-0.1, -0.05) is 31.9 Å². The van der Waals surface area contributed by atoms with E-state index in [0.29, 0.717) is 11.4 Å². The fraction of sp³-hybridized carbons (Fsp3) is 0.364. The van der Waals surface area contributed by atoms with Crippen molar-refractivity contribution in [1.29, 1.82) is 0 Å². The molecule has 3 nitrogen and oxygen atoms in total. The Bertz CT molecular complexity index is 399. The second-order valence-corrected chi connectivity index (χ2v) is 6.70. The maximum absolute atomic E-state index is 11.7. The minimum Gasteiger partial charge on any atom is -0.497 e. The number of ether oxygens (including phenoxy) is 1. The molecule has 0 atom stereocenters. The van der Waals surface area contributed by atoms with Crippen LogP contribution in [0.2, 0.25) is 0 Å². The molecule has 1 aromatic rings. The first kappa shape index (κ1) is 13.5. The summed E-state index contributed by atoms with van der Waals surface area (Å²) in [7, 11) is 1.59. The number of rotatable bonds is 3.